The van der Waals surface area contributed by atoms with Crippen molar-refractivity contribution in [3.8, 4) is 5.75 Å². The number of benzene rings is 3. The lowest BCUT2D eigenvalue weighted by Crippen LogP contribution is -2.36. The Kier molecular flexibility index (Phi) is 8.28. The van der Waals surface area contributed by atoms with Crippen LogP contribution in [0.2, 0.25) is 0 Å². The number of ether oxygens (including phenoxy) is 1. The van der Waals surface area contributed by atoms with Crippen molar-refractivity contribution in [3.05, 3.63) is 93.9 Å². The van der Waals surface area contributed by atoms with E-state index in [4.69, 9.17) is 4.74 Å². The van der Waals surface area contributed by atoms with E-state index in [2.05, 4.69) is 10.6 Å². The van der Waals surface area contributed by atoms with Gasteiger partial charge in [0.15, 0.2) is 6.61 Å². The number of nitrogens with zero attached hydrogens (tertiary/aromatic N) is 1. The van der Waals surface area contributed by atoms with Crippen molar-refractivity contribution in [2.24, 2.45) is 0 Å². The second-order valence-corrected chi connectivity index (χ2v) is 9.88. The van der Waals surface area contributed by atoms with Crippen LogP contribution in [-0.2, 0) is 14.4 Å². The van der Waals surface area contributed by atoms with Crippen molar-refractivity contribution in [1.82, 2.24) is 4.90 Å². The summed E-state index contributed by atoms with van der Waals surface area (Å²) in [5, 5.41) is 5.00. The lowest BCUT2D eigenvalue weighted by molar-refractivity contribution is -0.127. The van der Waals surface area contributed by atoms with Crippen LogP contribution in [0.3, 0.4) is 0 Å². The zero-order valence-corrected chi connectivity index (χ0v) is 22.1. The number of amides is 4. The van der Waals surface area contributed by atoms with E-state index in [-0.39, 0.29) is 24.0 Å². The van der Waals surface area contributed by atoms with Gasteiger partial charge in [0.1, 0.15) is 12.3 Å². The van der Waals surface area contributed by atoms with Crippen molar-refractivity contribution in [2.45, 2.75) is 20.8 Å². The minimum Gasteiger partial charge on any atom is -0.484 e. The first-order valence-corrected chi connectivity index (χ1v) is 12.7. The van der Waals surface area contributed by atoms with Gasteiger partial charge < -0.3 is 15.4 Å². The van der Waals surface area contributed by atoms with Crippen LogP contribution in [-0.4, -0.2) is 41.0 Å². The van der Waals surface area contributed by atoms with E-state index >= 15 is 0 Å². The van der Waals surface area contributed by atoms with Gasteiger partial charge in [0.25, 0.3) is 17.1 Å². The number of carbonyl (C=O) groups excluding carboxylic acids is 4. The Hall–Kier alpha value is -4.37. The molecular formula is C29H27N3O5S. The molecule has 4 amide bonds. The van der Waals surface area contributed by atoms with Crippen molar-refractivity contribution in [3.63, 3.8) is 0 Å². The van der Waals surface area contributed by atoms with Gasteiger partial charge in [0, 0.05) is 11.4 Å². The molecule has 8 nitrogen and oxygen atoms in total. The monoisotopic (exact) mass is 529 g/mol. The maximum absolute atomic E-state index is 12.8. The Morgan fingerprint density at radius 1 is 0.868 bits per heavy atom. The fraction of sp³-hybridized carbons (Fsp3) is 0.172. The standard InChI is InChI=1S/C29H27N3O5S/c1-18-5-4-6-22(13-18)31-27(34)17-37-24-11-8-21(9-12-24)15-25-28(35)32(29(36)38-25)16-26(33)30-23-10-7-19(2)20(3)14-23/h4-15H,16-17H2,1-3H3,(H,30,33)(H,31,34)/b25-15+. The molecule has 0 saturated carbocycles. The Morgan fingerprint density at radius 3 is 2.29 bits per heavy atom. The zero-order chi connectivity index (χ0) is 27.2. The molecule has 4 rings (SSSR count). The molecule has 194 valence electrons. The fourth-order valence-corrected chi connectivity index (χ4v) is 4.52. The molecule has 38 heavy (non-hydrogen) atoms. The van der Waals surface area contributed by atoms with E-state index < -0.39 is 17.1 Å². The number of anilines is 2. The molecule has 1 aliphatic heterocycles. The van der Waals surface area contributed by atoms with E-state index in [1.807, 2.05) is 51.1 Å². The van der Waals surface area contributed by atoms with E-state index in [1.54, 1.807) is 42.5 Å². The van der Waals surface area contributed by atoms with Gasteiger partial charge in [-0.3, -0.25) is 24.1 Å². The summed E-state index contributed by atoms with van der Waals surface area (Å²) in [5.41, 5.74) is 5.15. The summed E-state index contributed by atoms with van der Waals surface area (Å²) in [4.78, 5) is 51.0. The topological polar surface area (TPSA) is 105 Å². The molecule has 1 saturated heterocycles. The Balaban J connectivity index is 1.31. The molecule has 1 fully saturated rings. The highest BCUT2D eigenvalue weighted by Crippen LogP contribution is 2.32. The van der Waals surface area contributed by atoms with Gasteiger partial charge in [-0.15, -0.1) is 0 Å². The number of carbonyl (C=O) groups is 4. The first-order valence-electron chi connectivity index (χ1n) is 11.9. The van der Waals surface area contributed by atoms with Crippen LogP contribution in [0.5, 0.6) is 5.75 Å². The Morgan fingerprint density at radius 2 is 1.58 bits per heavy atom. The van der Waals surface area contributed by atoms with Crippen molar-refractivity contribution in [1.29, 1.82) is 0 Å². The summed E-state index contributed by atoms with van der Waals surface area (Å²) >= 11 is 0.784. The predicted molar refractivity (Wildman–Crippen MR) is 149 cm³/mol. The molecule has 0 radical (unpaired) electrons. The minimum atomic E-state index is -0.525. The van der Waals surface area contributed by atoms with Crippen molar-refractivity contribution >= 4 is 52.2 Å². The molecule has 3 aromatic rings. The van der Waals surface area contributed by atoms with Gasteiger partial charge in [-0.05, 0) is 97.3 Å². The van der Waals surface area contributed by atoms with E-state index in [9.17, 15) is 19.2 Å². The molecule has 0 aliphatic carbocycles. The minimum absolute atomic E-state index is 0.156. The average Bonchev–Trinajstić information content (AvgIpc) is 3.13. The average molecular weight is 530 g/mol. The Bertz CT molecular complexity index is 1430. The molecule has 0 bridgehead atoms. The van der Waals surface area contributed by atoms with Gasteiger partial charge in [-0.25, -0.2) is 0 Å². The van der Waals surface area contributed by atoms with Crippen LogP contribution in [0.15, 0.2) is 71.6 Å². The molecule has 0 aromatic heterocycles. The summed E-state index contributed by atoms with van der Waals surface area (Å²) < 4.78 is 5.55. The highest BCUT2D eigenvalue weighted by molar-refractivity contribution is 8.18. The number of imide groups is 1. The number of nitrogens with one attached hydrogen (secondary N) is 2. The quantitative estimate of drug-likeness (QED) is 0.384. The summed E-state index contributed by atoms with van der Waals surface area (Å²) in [6.07, 6.45) is 1.58. The van der Waals surface area contributed by atoms with Crippen LogP contribution in [0.1, 0.15) is 22.3 Å². The molecule has 0 spiro atoms. The molecule has 1 heterocycles. The smallest absolute Gasteiger partial charge is 0.294 e. The van der Waals surface area contributed by atoms with Crippen LogP contribution in [0.25, 0.3) is 6.08 Å². The number of thioether (sulfide) groups is 1. The maximum atomic E-state index is 12.8. The molecule has 3 aromatic carbocycles. The number of hydrogen-bond acceptors (Lipinski definition) is 6. The lowest BCUT2D eigenvalue weighted by Gasteiger charge is -2.13. The van der Waals surface area contributed by atoms with Crippen LogP contribution in [0, 0.1) is 20.8 Å². The first-order chi connectivity index (χ1) is 18.2. The third-order valence-electron chi connectivity index (χ3n) is 5.82. The summed E-state index contributed by atoms with van der Waals surface area (Å²) in [7, 11) is 0. The van der Waals surface area contributed by atoms with E-state index in [1.165, 1.54) is 0 Å². The number of rotatable bonds is 8. The van der Waals surface area contributed by atoms with Crippen molar-refractivity contribution in [2.75, 3.05) is 23.8 Å². The van der Waals surface area contributed by atoms with Crippen LogP contribution >= 0.6 is 11.8 Å². The highest BCUT2D eigenvalue weighted by Gasteiger charge is 2.36. The summed E-state index contributed by atoms with van der Waals surface area (Å²) in [6, 6.07) is 19.8. The fourth-order valence-electron chi connectivity index (χ4n) is 3.68. The zero-order valence-electron chi connectivity index (χ0n) is 21.2. The Labute approximate surface area is 225 Å². The van der Waals surface area contributed by atoms with E-state index in [0.717, 1.165) is 33.4 Å². The normalized spacial score (nSPS) is 14.1. The van der Waals surface area contributed by atoms with Gasteiger partial charge in [-0.2, -0.15) is 0 Å². The molecule has 0 unspecified atom stereocenters. The van der Waals surface area contributed by atoms with Gasteiger partial charge in [0.2, 0.25) is 5.91 Å². The molecule has 9 heteroatoms. The van der Waals surface area contributed by atoms with Gasteiger partial charge in [0.05, 0.1) is 4.91 Å². The second-order valence-electron chi connectivity index (χ2n) is 8.89. The molecular weight excluding hydrogens is 502 g/mol. The third-order valence-corrected chi connectivity index (χ3v) is 6.72. The second kappa shape index (κ2) is 11.8. The van der Waals surface area contributed by atoms with Crippen LogP contribution in [0.4, 0.5) is 16.2 Å². The van der Waals surface area contributed by atoms with Gasteiger partial charge in [-0.1, -0.05) is 30.3 Å². The molecule has 0 atom stereocenters. The maximum Gasteiger partial charge on any atom is 0.294 e. The molecule has 1 aliphatic rings. The van der Waals surface area contributed by atoms with Crippen LogP contribution < -0.4 is 15.4 Å². The van der Waals surface area contributed by atoms with E-state index in [0.29, 0.717) is 22.7 Å². The van der Waals surface area contributed by atoms with Crippen molar-refractivity contribution < 1.29 is 23.9 Å². The SMILES string of the molecule is Cc1cccc(NC(=O)COc2ccc(/C=C3/SC(=O)N(CC(=O)Nc4ccc(C)c(C)c4)C3=O)cc2)c1. The molecule has 2 N–H and O–H groups in total. The van der Waals surface area contributed by atoms with Gasteiger partial charge >= 0.3 is 0 Å². The predicted octanol–water partition coefficient (Wildman–Crippen LogP) is 5.30. The third kappa shape index (κ3) is 6.89. The first kappa shape index (κ1) is 26.7. The largest absolute Gasteiger partial charge is 0.484 e. The summed E-state index contributed by atoms with van der Waals surface area (Å²) in [5.74, 6) is -0.777. The number of hydrogen-bond donors (Lipinski definition) is 2. The highest BCUT2D eigenvalue weighted by atomic mass is 32.2. The summed E-state index contributed by atoms with van der Waals surface area (Å²) in [6.45, 7) is 5.33. The number of aryl methyl sites for hydroxylation is 3. The lowest BCUT2D eigenvalue weighted by atomic mass is 10.1.